The number of rotatable bonds is 8. The second-order valence-corrected chi connectivity index (χ2v) is 10.3. The van der Waals surface area contributed by atoms with Gasteiger partial charge in [-0.3, -0.25) is 0 Å². The monoisotopic (exact) mass is 483 g/mol. The van der Waals surface area contributed by atoms with E-state index in [9.17, 15) is 13.2 Å². The molecule has 0 N–H and O–H groups in total. The Morgan fingerprint density at radius 2 is 1.38 bits per heavy atom. The van der Waals surface area contributed by atoms with Gasteiger partial charge in [-0.1, -0.05) is 60.2 Å². The summed E-state index contributed by atoms with van der Waals surface area (Å²) in [5.41, 5.74) is 2.16. The predicted molar refractivity (Wildman–Crippen MR) is 130 cm³/mol. The first-order valence-electron chi connectivity index (χ1n) is 10.8. The molecule has 0 atom stereocenters. The van der Waals surface area contributed by atoms with Crippen molar-refractivity contribution < 1.29 is 27.0 Å². The Hall–Kier alpha value is -3.20. The van der Waals surface area contributed by atoms with Gasteiger partial charge in [-0.2, -0.15) is 8.42 Å². The third-order valence-electron chi connectivity index (χ3n) is 4.59. The number of carbonyl (C=O) groups excluding carboxylic acids is 1. The van der Waals surface area contributed by atoms with Crippen molar-refractivity contribution in [2.45, 2.75) is 51.4 Å². The molecule has 0 aliphatic carbocycles. The van der Waals surface area contributed by atoms with Crippen molar-refractivity contribution in [2.75, 3.05) is 5.06 Å². The van der Waals surface area contributed by atoms with Crippen LogP contribution in [0, 0.1) is 6.92 Å². The minimum absolute atomic E-state index is 0.0717. The first-order valence-corrected chi connectivity index (χ1v) is 12.2. The molecule has 0 aliphatic heterocycles. The molecule has 0 fully saturated rings. The van der Waals surface area contributed by atoms with Crippen molar-refractivity contribution in [2.24, 2.45) is 0 Å². The van der Waals surface area contributed by atoms with Gasteiger partial charge in [0.05, 0.1) is 23.8 Å². The zero-order valence-electron chi connectivity index (χ0n) is 19.7. The highest BCUT2D eigenvalue weighted by atomic mass is 32.2. The summed E-state index contributed by atoms with van der Waals surface area (Å²) in [6.07, 6.45) is -0.948. The highest BCUT2D eigenvalue weighted by molar-refractivity contribution is 7.86. The molecule has 1 amide bonds. The minimum Gasteiger partial charge on any atom is -0.442 e. The lowest BCUT2D eigenvalue weighted by Crippen LogP contribution is -2.38. The maximum Gasteiger partial charge on any atom is 0.440 e. The Labute approximate surface area is 201 Å². The molecule has 0 saturated carbocycles. The average Bonchev–Trinajstić information content (AvgIpc) is 2.78. The molecule has 8 heteroatoms. The van der Waals surface area contributed by atoms with Crippen LogP contribution in [0.2, 0.25) is 0 Å². The molecule has 0 saturated heterocycles. The summed E-state index contributed by atoms with van der Waals surface area (Å²) in [6.45, 7) is 7.71. The predicted octanol–water partition coefficient (Wildman–Crippen LogP) is 5.77. The third kappa shape index (κ3) is 7.41. The lowest BCUT2D eigenvalue weighted by Gasteiger charge is -2.26. The molecule has 3 aromatic rings. The third-order valence-corrected chi connectivity index (χ3v) is 5.79. The zero-order valence-corrected chi connectivity index (χ0v) is 20.5. The van der Waals surface area contributed by atoms with Gasteiger partial charge in [0.2, 0.25) is 0 Å². The van der Waals surface area contributed by atoms with E-state index in [1.807, 2.05) is 37.3 Å². The van der Waals surface area contributed by atoms with Crippen LogP contribution in [-0.2, 0) is 37.1 Å². The number of hydrogen-bond acceptors (Lipinski definition) is 6. The van der Waals surface area contributed by atoms with Crippen molar-refractivity contribution in [1.29, 1.82) is 0 Å². The van der Waals surface area contributed by atoms with E-state index >= 15 is 0 Å². The second kappa shape index (κ2) is 10.8. The summed E-state index contributed by atoms with van der Waals surface area (Å²) < 4.78 is 42.0. The van der Waals surface area contributed by atoms with Crippen LogP contribution < -0.4 is 5.06 Å². The fourth-order valence-electron chi connectivity index (χ4n) is 2.92. The fraction of sp³-hybridized carbons (Fsp3) is 0.269. The molecule has 0 aliphatic rings. The maximum absolute atomic E-state index is 12.8. The summed E-state index contributed by atoms with van der Waals surface area (Å²) in [4.78, 5) is 12.8. The second-order valence-electron chi connectivity index (χ2n) is 8.76. The topological polar surface area (TPSA) is 82.1 Å². The Morgan fingerprint density at radius 1 is 0.824 bits per heavy atom. The molecule has 0 radical (unpaired) electrons. The Morgan fingerprint density at radius 3 is 1.94 bits per heavy atom. The SMILES string of the molecule is Cc1ccc(S(=O)(=O)ON(C(=O)OC(C)(C)C)c2ccc(COCc3ccccc3)cc2)cc1. The first-order chi connectivity index (χ1) is 16.0. The molecular formula is C26H29NO6S. The number of aryl methyl sites for hydroxylation is 1. The van der Waals surface area contributed by atoms with Crippen LogP contribution in [0.25, 0.3) is 0 Å². The number of hydrogen-bond donors (Lipinski definition) is 0. The number of carbonyl (C=O) groups is 1. The highest BCUT2D eigenvalue weighted by Gasteiger charge is 2.30. The van der Waals surface area contributed by atoms with Gasteiger partial charge >= 0.3 is 16.2 Å². The number of ether oxygens (including phenoxy) is 2. The van der Waals surface area contributed by atoms with E-state index in [1.54, 1.807) is 57.2 Å². The van der Waals surface area contributed by atoms with E-state index in [1.165, 1.54) is 12.1 Å². The quantitative estimate of drug-likeness (QED) is 0.378. The molecule has 0 spiro atoms. The Bertz CT molecular complexity index is 1180. The van der Waals surface area contributed by atoms with Crippen LogP contribution in [0.5, 0.6) is 0 Å². The van der Waals surface area contributed by atoms with Gasteiger partial charge in [0.25, 0.3) is 0 Å². The van der Waals surface area contributed by atoms with Gasteiger partial charge in [-0.25, -0.2) is 4.79 Å². The van der Waals surface area contributed by atoms with Gasteiger partial charge in [0.1, 0.15) is 5.60 Å². The molecule has 3 aromatic carbocycles. The van der Waals surface area contributed by atoms with Crippen molar-refractivity contribution in [3.05, 3.63) is 95.6 Å². The highest BCUT2D eigenvalue weighted by Crippen LogP contribution is 2.24. The first kappa shape index (κ1) is 25.4. The number of amides is 1. The van der Waals surface area contributed by atoms with Crippen LogP contribution in [0.15, 0.2) is 83.8 Å². The minimum atomic E-state index is -4.28. The smallest absolute Gasteiger partial charge is 0.440 e. The van der Waals surface area contributed by atoms with Crippen LogP contribution in [-0.4, -0.2) is 20.1 Å². The van der Waals surface area contributed by atoms with E-state index in [-0.39, 0.29) is 10.6 Å². The van der Waals surface area contributed by atoms with Crippen molar-refractivity contribution in [1.82, 2.24) is 0 Å². The summed E-state index contributed by atoms with van der Waals surface area (Å²) in [5, 5.41) is 0.648. The molecule has 7 nitrogen and oxygen atoms in total. The summed E-state index contributed by atoms with van der Waals surface area (Å²) in [6, 6.07) is 22.6. The average molecular weight is 484 g/mol. The van der Waals surface area contributed by atoms with Gasteiger partial charge in [0.15, 0.2) is 0 Å². The van der Waals surface area contributed by atoms with Crippen molar-refractivity contribution in [3.63, 3.8) is 0 Å². The lowest BCUT2D eigenvalue weighted by molar-refractivity contribution is 0.0444. The number of benzene rings is 3. The number of hydroxylamine groups is 1. The van der Waals surface area contributed by atoms with Crippen LogP contribution >= 0.6 is 0 Å². The normalized spacial score (nSPS) is 11.8. The Kier molecular flexibility index (Phi) is 8.09. The number of nitrogens with zero attached hydrogens (tertiary/aromatic N) is 1. The largest absolute Gasteiger partial charge is 0.442 e. The van der Waals surface area contributed by atoms with Crippen molar-refractivity contribution in [3.8, 4) is 0 Å². The maximum atomic E-state index is 12.8. The van der Waals surface area contributed by atoms with E-state index < -0.39 is 21.8 Å². The molecule has 0 heterocycles. The van der Waals surface area contributed by atoms with Gasteiger partial charge in [-0.15, -0.1) is 9.35 Å². The summed E-state index contributed by atoms with van der Waals surface area (Å²) in [7, 11) is -4.28. The van der Waals surface area contributed by atoms with Gasteiger partial charge in [-0.05, 0) is 63.1 Å². The Balaban J connectivity index is 1.77. The van der Waals surface area contributed by atoms with Gasteiger partial charge in [0, 0.05) is 0 Å². The molecule has 3 rings (SSSR count). The van der Waals surface area contributed by atoms with Crippen LogP contribution in [0.1, 0.15) is 37.5 Å². The van der Waals surface area contributed by atoms with Gasteiger partial charge < -0.3 is 9.47 Å². The molecule has 0 aromatic heterocycles. The van der Waals surface area contributed by atoms with E-state index in [0.717, 1.165) is 16.7 Å². The summed E-state index contributed by atoms with van der Waals surface area (Å²) >= 11 is 0. The van der Waals surface area contributed by atoms with E-state index in [2.05, 4.69) is 0 Å². The van der Waals surface area contributed by atoms with Crippen LogP contribution in [0.3, 0.4) is 0 Å². The summed E-state index contributed by atoms with van der Waals surface area (Å²) in [5.74, 6) is 0. The molecule has 0 unspecified atom stereocenters. The zero-order chi connectivity index (χ0) is 24.8. The van der Waals surface area contributed by atoms with Crippen molar-refractivity contribution >= 4 is 21.9 Å². The van der Waals surface area contributed by atoms with E-state index in [0.29, 0.717) is 18.3 Å². The number of anilines is 1. The van der Waals surface area contributed by atoms with E-state index in [4.69, 9.17) is 13.8 Å². The molecule has 0 bridgehead atoms. The molecule has 180 valence electrons. The van der Waals surface area contributed by atoms with Crippen LogP contribution in [0.4, 0.5) is 10.5 Å². The fourth-order valence-corrected chi connectivity index (χ4v) is 3.82. The molecular weight excluding hydrogens is 454 g/mol. The molecule has 34 heavy (non-hydrogen) atoms. The lowest BCUT2D eigenvalue weighted by atomic mass is 10.2. The standard InChI is InChI=1S/C26H29NO6S/c1-20-10-16-24(17-11-20)34(29,30)33-27(25(28)32-26(2,3)4)23-14-12-22(13-15-23)19-31-18-21-8-6-5-7-9-21/h5-17H,18-19H2,1-4H3.